The van der Waals surface area contributed by atoms with E-state index < -0.39 is 36.0 Å². The highest BCUT2D eigenvalue weighted by atomic mass is 16.5. The van der Waals surface area contributed by atoms with Gasteiger partial charge >= 0.3 is 18.0 Å². The number of nitrogens with one attached hydrogen (secondary N) is 2. The summed E-state index contributed by atoms with van der Waals surface area (Å²) in [6.07, 6.45) is 31.5. The molecule has 10 heteroatoms. The van der Waals surface area contributed by atoms with E-state index in [4.69, 9.17) is 9.47 Å². The van der Waals surface area contributed by atoms with Crippen LogP contribution in [0.25, 0.3) is 0 Å². The Balaban J connectivity index is 4.45. The number of esters is 2. The van der Waals surface area contributed by atoms with Gasteiger partial charge in [0, 0.05) is 12.8 Å². The molecule has 2 atom stereocenters. The Kier molecular flexibility index (Phi) is 35.0. The SMILES string of the molecule is CCCCCCCCCCCCCCOC(=O)CCC(NC(=O)NC(=O)C([NH3+])CCCC[NH3+])C(=O)OCCCCCCCCCCCCCC. The van der Waals surface area contributed by atoms with E-state index in [1.165, 1.54) is 116 Å². The number of quaternary nitrogens is 2. The van der Waals surface area contributed by atoms with E-state index in [1.807, 2.05) is 0 Å². The molecule has 0 rings (SSSR count). The lowest BCUT2D eigenvalue weighted by atomic mass is 10.1. The van der Waals surface area contributed by atoms with Crippen molar-refractivity contribution in [2.45, 2.75) is 212 Å². The van der Waals surface area contributed by atoms with E-state index in [1.54, 1.807) is 0 Å². The molecule has 0 saturated carbocycles. The number of carbonyl (C=O) groups is 4. The van der Waals surface area contributed by atoms with Crippen LogP contribution in [0.4, 0.5) is 4.79 Å². The Bertz CT molecular complexity index is 828. The fraction of sp³-hybridized carbons (Fsp3) is 0.900. The third kappa shape index (κ3) is 31.8. The van der Waals surface area contributed by atoms with Crippen LogP contribution in [-0.4, -0.2) is 55.7 Å². The second-order valence-corrected chi connectivity index (χ2v) is 14.3. The number of rotatable bonds is 36. The summed E-state index contributed by atoms with van der Waals surface area (Å²) in [6, 6.07) is -2.44. The van der Waals surface area contributed by atoms with Crippen LogP contribution in [0.5, 0.6) is 0 Å². The van der Waals surface area contributed by atoms with Gasteiger partial charge in [-0.2, -0.15) is 0 Å². The lowest BCUT2D eigenvalue weighted by Crippen LogP contribution is -2.68. The normalized spacial score (nSPS) is 12.3. The quantitative estimate of drug-likeness (QED) is 0.0388. The van der Waals surface area contributed by atoms with Crippen LogP contribution in [0.1, 0.15) is 200 Å². The van der Waals surface area contributed by atoms with Crippen molar-refractivity contribution in [2.24, 2.45) is 0 Å². The topological polar surface area (TPSA) is 166 Å². The molecule has 0 saturated heterocycles. The molecule has 0 aliphatic carbocycles. The van der Waals surface area contributed by atoms with Gasteiger partial charge in [0.15, 0.2) is 6.04 Å². The Morgan fingerprint density at radius 3 is 1.40 bits per heavy atom. The molecule has 2 unspecified atom stereocenters. The van der Waals surface area contributed by atoms with Crippen molar-refractivity contribution in [1.82, 2.24) is 10.6 Å². The summed E-state index contributed by atoms with van der Waals surface area (Å²) in [7, 11) is 0. The van der Waals surface area contributed by atoms with Crippen molar-refractivity contribution in [1.29, 1.82) is 0 Å². The summed E-state index contributed by atoms with van der Waals surface area (Å²) in [5, 5.41) is 4.83. The molecule has 0 aromatic rings. The maximum atomic E-state index is 13.0. The predicted octanol–water partition coefficient (Wildman–Crippen LogP) is 7.47. The van der Waals surface area contributed by atoms with Gasteiger partial charge in [-0.25, -0.2) is 9.59 Å². The fourth-order valence-corrected chi connectivity index (χ4v) is 6.04. The standard InChI is InChI=1S/C40H78N4O6/c1-3-5-7-9-11-13-15-17-19-21-23-27-33-49-37(45)31-30-36(43-40(48)44-38(46)35(42)29-25-26-32-41)39(47)50-34-28-24-22-20-18-16-14-12-10-8-6-4-2/h35-36H,3-34,41-42H2,1-2H3,(H2,43,44,46,48)/p+2. The summed E-state index contributed by atoms with van der Waals surface area (Å²) >= 11 is 0. The van der Waals surface area contributed by atoms with Gasteiger partial charge < -0.3 is 26.3 Å². The Morgan fingerprint density at radius 2 is 0.960 bits per heavy atom. The van der Waals surface area contributed by atoms with Crippen molar-refractivity contribution in [3.8, 4) is 0 Å². The van der Waals surface area contributed by atoms with Crippen LogP contribution in [-0.2, 0) is 23.9 Å². The molecule has 50 heavy (non-hydrogen) atoms. The molecule has 0 aliphatic heterocycles. The number of unbranched alkanes of at least 4 members (excludes halogenated alkanes) is 23. The number of urea groups is 1. The fourth-order valence-electron chi connectivity index (χ4n) is 6.04. The van der Waals surface area contributed by atoms with Crippen molar-refractivity contribution in [3.05, 3.63) is 0 Å². The molecule has 3 amide bonds. The van der Waals surface area contributed by atoms with Gasteiger partial charge in [0.05, 0.1) is 19.8 Å². The number of ether oxygens (including phenoxy) is 2. The predicted molar refractivity (Wildman–Crippen MR) is 202 cm³/mol. The smallest absolute Gasteiger partial charge is 0.328 e. The van der Waals surface area contributed by atoms with Crippen molar-refractivity contribution >= 4 is 23.9 Å². The minimum atomic E-state index is -1.06. The third-order valence-corrected chi connectivity index (χ3v) is 9.39. The first kappa shape index (κ1) is 47.8. The highest BCUT2D eigenvalue weighted by Gasteiger charge is 2.26. The Morgan fingerprint density at radius 1 is 0.540 bits per heavy atom. The zero-order chi connectivity index (χ0) is 36.9. The number of carbonyl (C=O) groups excluding carboxylic acids is 4. The number of hydrogen-bond acceptors (Lipinski definition) is 6. The molecule has 0 fully saturated rings. The average molecular weight is 713 g/mol. The van der Waals surface area contributed by atoms with E-state index >= 15 is 0 Å². The Hall–Kier alpha value is -2.20. The van der Waals surface area contributed by atoms with E-state index in [9.17, 15) is 19.2 Å². The van der Waals surface area contributed by atoms with Gasteiger partial charge in [-0.1, -0.05) is 155 Å². The summed E-state index contributed by atoms with van der Waals surface area (Å²) in [5.41, 5.74) is 7.64. The van der Waals surface area contributed by atoms with Gasteiger partial charge in [0.25, 0.3) is 5.91 Å². The minimum Gasteiger partial charge on any atom is -0.466 e. The number of imide groups is 1. The molecule has 0 heterocycles. The monoisotopic (exact) mass is 713 g/mol. The van der Waals surface area contributed by atoms with Gasteiger partial charge in [0.1, 0.15) is 6.04 Å². The van der Waals surface area contributed by atoms with Crippen LogP contribution in [0.2, 0.25) is 0 Å². The maximum Gasteiger partial charge on any atom is 0.328 e. The largest absolute Gasteiger partial charge is 0.466 e. The van der Waals surface area contributed by atoms with Crippen LogP contribution >= 0.6 is 0 Å². The zero-order valence-electron chi connectivity index (χ0n) is 32.6. The van der Waals surface area contributed by atoms with E-state index in [-0.39, 0.29) is 19.4 Å². The second kappa shape index (κ2) is 36.6. The van der Waals surface area contributed by atoms with Crippen LogP contribution in [0.3, 0.4) is 0 Å². The molecule has 0 bridgehead atoms. The molecule has 10 nitrogen and oxygen atoms in total. The molecule has 0 radical (unpaired) electrons. The maximum absolute atomic E-state index is 13.0. The van der Waals surface area contributed by atoms with Crippen molar-refractivity contribution in [2.75, 3.05) is 19.8 Å². The van der Waals surface area contributed by atoms with Crippen molar-refractivity contribution in [3.63, 3.8) is 0 Å². The van der Waals surface area contributed by atoms with Crippen LogP contribution in [0, 0.1) is 0 Å². The summed E-state index contributed by atoms with van der Waals surface area (Å²) in [5.74, 6) is -1.52. The highest BCUT2D eigenvalue weighted by Crippen LogP contribution is 2.14. The molecule has 294 valence electrons. The summed E-state index contributed by atoms with van der Waals surface area (Å²) in [6.45, 7) is 5.88. The first-order valence-corrected chi connectivity index (χ1v) is 20.9. The minimum absolute atomic E-state index is 0.0339. The van der Waals surface area contributed by atoms with Gasteiger partial charge in [-0.15, -0.1) is 0 Å². The summed E-state index contributed by atoms with van der Waals surface area (Å²) in [4.78, 5) is 50.5. The first-order valence-electron chi connectivity index (χ1n) is 20.9. The van der Waals surface area contributed by atoms with E-state index in [2.05, 4.69) is 35.9 Å². The second-order valence-electron chi connectivity index (χ2n) is 14.3. The van der Waals surface area contributed by atoms with Gasteiger partial charge in [0.2, 0.25) is 0 Å². The molecule has 0 aromatic heterocycles. The summed E-state index contributed by atoms with van der Waals surface area (Å²) < 4.78 is 10.9. The molecular formula is C40H80N4O6+2. The highest BCUT2D eigenvalue weighted by molar-refractivity contribution is 5.97. The first-order chi connectivity index (χ1) is 24.3. The molecule has 0 aromatic carbocycles. The van der Waals surface area contributed by atoms with Crippen molar-refractivity contribution < 1.29 is 40.1 Å². The lowest BCUT2D eigenvalue weighted by Gasteiger charge is -2.18. The zero-order valence-corrected chi connectivity index (χ0v) is 32.6. The third-order valence-electron chi connectivity index (χ3n) is 9.39. The average Bonchev–Trinajstić information content (AvgIpc) is 3.10. The van der Waals surface area contributed by atoms with Crippen LogP contribution < -0.4 is 22.1 Å². The lowest BCUT2D eigenvalue weighted by molar-refractivity contribution is -0.406. The van der Waals surface area contributed by atoms with E-state index in [0.29, 0.717) is 13.0 Å². The molecule has 8 N–H and O–H groups in total. The molecule has 0 spiro atoms. The molecular weight excluding hydrogens is 632 g/mol. The molecule has 0 aliphatic rings. The number of hydrogen-bond donors (Lipinski definition) is 4. The van der Waals surface area contributed by atoms with Gasteiger partial charge in [-0.3, -0.25) is 14.9 Å². The van der Waals surface area contributed by atoms with Gasteiger partial charge in [-0.05, 0) is 32.1 Å². The Labute approximate surface area is 306 Å². The number of amides is 3. The van der Waals surface area contributed by atoms with E-state index in [0.717, 1.165) is 57.9 Å². The van der Waals surface area contributed by atoms with Crippen LogP contribution in [0.15, 0.2) is 0 Å².